The standard InChI is InChI=1S/C23H26N2O5/c1-15(2)30-18-10-8-16(9-11-18)20-21(24(3)12-13-26)23(28)25(22(20)27)17-6-5-7-19(14-17)29-4/h5-11,14-15,26H,12-13H2,1-4H3. The smallest absolute Gasteiger partial charge is 0.282 e. The minimum absolute atomic E-state index is 0.0274. The molecular weight excluding hydrogens is 384 g/mol. The number of amides is 2. The Morgan fingerprint density at radius 2 is 1.73 bits per heavy atom. The second kappa shape index (κ2) is 9.00. The molecule has 7 nitrogen and oxygen atoms in total. The van der Waals surface area contributed by atoms with Gasteiger partial charge in [-0.2, -0.15) is 0 Å². The van der Waals surface area contributed by atoms with Crippen molar-refractivity contribution < 1.29 is 24.2 Å². The Kier molecular flexibility index (Phi) is 6.42. The topological polar surface area (TPSA) is 79.3 Å². The van der Waals surface area contributed by atoms with Crippen molar-refractivity contribution in [1.82, 2.24) is 4.90 Å². The lowest BCUT2D eigenvalue weighted by Crippen LogP contribution is -2.34. The van der Waals surface area contributed by atoms with Crippen molar-refractivity contribution in [3.8, 4) is 11.5 Å². The maximum absolute atomic E-state index is 13.4. The summed E-state index contributed by atoms with van der Waals surface area (Å²) in [7, 11) is 3.21. The Morgan fingerprint density at radius 3 is 2.33 bits per heavy atom. The van der Waals surface area contributed by atoms with Crippen molar-refractivity contribution in [2.45, 2.75) is 20.0 Å². The van der Waals surface area contributed by atoms with Gasteiger partial charge in [-0.25, -0.2) is 4.90 Å². The molecule has 0 bridgehead atoms. The lowest BCUT2D eigenvalue weighted by molar-refractivity contribution is -0.120. The lowest BCUT2D eigenvalue weighted by atomic mass is 10.0. The van der Waals surface area contributed by atoms with Crippen LogP contribution in [0.2, 0.25) is 0 Å². The second-order valence-electron chi connectivity index (χ2n) is 7.21. The van der Waals surface area contributed by atoms with Crippen molar-refractivity contribution in [3.63, 3.8) is 0 Å². The SMILES string of the molecule is COc1cccc(N2C(=O)C(c3ccc(OC(C)C)cc3)=C(N(C)CCO)C2=O)c1. The summed E-state index contributed by atoms with van der Waals surface area (Å²) in [5.41, 5.74) is 1.56. The molecule has 2 aromatic rings. The molecule has 1 heterocycles. The molecule has 0 radical (unpaired) electrons. The summed E-state index contributed by atoms with van der Waals surface area (Å²) in [6.07, 6.45) is 0.0274. The van der Waals surface area contributed by atoms with E-state index in [9.17, 15) is 14.7 Å². The predicted octanol–water partition coefficient (Wildman–Crippen LogP) is 2.69. The van der Waals surface area contributed by atoms with Gasteiger partial charge in [0.05, 0.1) is 31.1 Å². The second-order valence-corrected chi connectivity index (χ2v) is 7.21. The summed E-state index contributed by atoms with van der Waals surface area (Å²) in [5.74, 6) is 0.357. The van der Waals surface area contributed by atoms with Crippen LogP contribution in [0.15, 0.2) is 54.2 Å². The maximum Gasteiger partial charge on any atom is 0.282 e. The average Bonchev–Trinajstić information content (AvgIpc) is 2.98. The number of carbonyl (C=O) groups excluding carboxylic acids is 2. The first-order valence-corrected chi connectivity index (χ1v) is 9.73. The van der Waals surface area contributed by atoms with E-state index in [1.165, 1.54) is 7.11 Å². The first-order chi connectivity index (χ1) is 14.4. The zero-order valence-electron chi connectivity index (χ0n) is 17.6. The van der Waals surface area contributed by atoms with Crippen LogP contribution in [-0.4, -0.2) is 55.2 Å². The van der Waals surface area contributed by atoms with Crippen LogP contribution in [0.1, 0.15) is 19.4 Å². The summed E-state index contributed by atoms with van der Waals surface area (Å²) in [5, 5.41) is 9.37. The highest BCUT2D eigenvalue weighted by Gasteiger charge is 2.41. The van der Waals surface area contributed by atoms with Crippen molar-refractivity contribution in [2.75, 3.05) is 32.2 Å². The molecule has 1 N–H and O–H groups in total. The number of nitrogens with zero attached hydrogens (tertiary/aromatic N) is 2. The third kappa shape index (κ3) is 4.16. The van der Waals surface area contributed by atoms with E-state index in [0.29, 0.717) is 22.7 Å². The van der Waals surface area contributed by atoms with E-state index in [4.69, 9.17) is 9.47 Å². The molecule has 0 saturated heterocycles. The monoisotopic (exact) mass is 410 g/mol. The van der Waals surface area contributed by atoms with Crippen LogP contribution in [0.5, 0.6) is 11.5 Å². The molecule has 30 heavy (non-hydrogen) atoms. The number of rotatable bonds is 8. The van der Waals surface area contributed by atoms with Gasteiger partial charge in [0.25, 0.3) is 11.8 Å². The van der Waals surface area contributed by atoms with Gasteiger partial charge >= 0.3 is 0 Å². The van der Waals surface area contributed by atoms with E-state index < -0.39 is 11.8 Å². The number of hydrogen-bond acceptors (Lipinski definition) is 6. The Balaban J connectivity index is 2.06. The fraction of sp³-hybridized carbons (Fsp3) is 0.304. The van der Waals surface area contributed by atoms with Crippen LogP contribution >= 0.6 is 0 Å². The van der Waals surface area contributed by atoms with Crippen LogP contribution in [0.25, 0.3) is 5.57 Å². The van der Waals surface area contributed by atoms with E-state index in [0.717, 1.165) is 4.90 Å². The minimum Gasteiger partial charge on any atom is -0.497 e. The van der Waals surface area contributed by atoms with Crippen LogP contribution in [0, 0.1) is 0 Å². The van der Waals surface area contributed by atoms with Gasteiger partial charge in [-0.05, 0) is 43.7 Å². The summed E-state index contributed by atoms with van der Waals surface area (Å²) in [6.45, 7) is 3.95. The molecule has 2 amide bonds. The number of anilines is 1. The summed E-state index contributed by atoms with van der Waals surface area (Å²) < 4.78 is 10.9. The predicted molar refractivity (Wildman–Crippen MR) is 114 cm³/mol. The van der Waals surface area contributed by atoms with Crippen LogP contribution < -0.4 is 14.4 Å². The fourth-order valence-corrected chi connectivity index (χ4v) is 3.35. The highest BCUT2D eigenvalue weighted by molar-refractivity contribution is 6.45. The molecule has 2 aromatic carbocycles. The van der Waals surface area contributed by atoms with Gasteiger partial charge in [-0.15, -0.1) is 0 Å². The molecular formula is C23H26N2O5. The number of aliphatic hydroxyl groups is 1. The lowest BCUT2D eigenvalue weighted by Gasteiger charge is -2.20. The zero-order chi connectivity index (χ0) is 21.8. The number of aliphatic hydroxyl groups excluding tert-OH is 1. The van der Waals surface area contributed by atoms with E-state index in [-0.39, 0.29) is 30.5 Å². The number of hydrogen-bond donors (Lipinski definition) is 1. The molecule has 1 aliphatic heterocycles. The van der Waals surface area contributed by atoms with E-state index in [1.807, 2.05) is 13.8 Å². The number of methoxy groups -OCH3 is 1. The van der Waals surface area contributed by atoms with E-state index in [2.05, 4.69) is 0 Å². The van der Waals surface area contributed by atoms with Gasteiger partial charge in [0.15, 0.2) is 0 Å². The third-order valence-electron chi connectivity index (χ3n) is 4.70. The molecule has 0 atom stereocenters. The number of carbonyl (C=O) groups is 2. The molecule has 1 aliphatic rings. The Labute approximate surface area is 176 Å². The van der Waals surface area contributed by atoms with Gasteiger partial charge in [0.1, 0.15) is 17.2 Å². The number of likely N-dealkylation sites (N-methyl/N-ethyl adjacent to an activating group) is 1. The Bertz CT molecular complexity index is 966. The van der Waals surface area contributed by atoms with Crippen molar-refractivity contribution >= 4 is 23.1 Å². The third-order valence-corrected chi connectivity index (χ3v) is 4.70. The molecule has 0 fully saturated rings. The van der Waals surface area contributed by atoms with Crippen LogP contribution in [-0.2, 0) is 9.59 Å². The number of ether oxygens (including phenoxy) is 2. The van der Waals surface area contributed by atoms with Gasteiger partial charge in [-0.1, -0.05) is 18.2 Å². The van der Waals surface area contributed by atoms with Crippen LogP contribution in [0.4, 0.5) is 5.69 Å². The van der Waals surface area contributed by atoms with E-state index >= 15 is 0 Å². The highest BCUT2D eigenvalue weighted by Crippen LogP contribution is 2.35. The zero-order valence-corrected chi connectivity index (χ0v) is 17.6. The molecule has 0 aromatic heterocycles. The first kappa shape index (κ1) is 21.4. The average molecular weight is 410 g/mol. The van der Waals surface area contributed by atoms with Crippen LogP contribution in [0.3, 0.4) is 0 Å². The quantitative estimate of drug-likeness (QED) is 0.674. The molecule has 3 rings (SSSR count). The number of benzene rings is 2. The van der Waals surface area contributed by atoms with Crippen molar-refractivity contribution in [2.24, 2.45) is 0 Å². The molecule has 0 unspecified atom stereocenters. The molecule has 7 heteroatoms. The minimum atomic E-state index is -0.443. The molecule has 0 saturated carbocycles. The largest absolute Gasteiger partial charge is 0.497 e. The normalized spacial score (nSPS) is 14.0. The van der Waals surface area contributed by atoms with Gasteiger partial charge in [0.2, 0.25) is 0 Å². The van der Waals surface area contributed by atoms with Crippen molar-refractivity contribution in [3.05, 3.63) is 59.8 Å². The molecule has 0 spiro atoms. The molecule has 0 aliphatic carbocycles. The van der Waals surface area contributed by atoms with Gasteiger partial charge in [-0.3, -0.25) is 9.59 Å². The summed E-state index contributed by atoms with van der Waals surface area (Å²) in [6, 6.07) is 13.9. The summed E-state index contributed by atoms with van der Waals surface area (Å²) >= 11 is 0. The van der Waals surface area contributed by atoms with Crippen molar-refractivity contribution in [1.29, 1.82) is 0 Å². The first-order valence-electron chi connectivity index (χ1n) is 9.73. The fourth-order valence-electron chi connectivity index (χ4n) is 3.35. The molecule has 158 valence electrons. The Hall–Kier alpha value is -3.32. The van der Waals surface area contributed by atoms with Gasteiger partial charge < -0.3 is 19.5 Å². The van der Waals surface area contributed by atoms with Gasteiger partial charge in [0, 0.05) is 19.7 Å². The number of imide groups is 1. The Morgan fingerprint density at radius 1 is 1.03 bits per heavy atom. The van der Waals surface area contributed by atoms with E-state index in [1.54, 1.807) is 60.5 Å². The highest BCUT2D eigenvalue weighted by atomic mass is 16.5. The maximum atomic E-state index is 13.4. The summed E-state index contributed by atoms with van der Waals surface area (Å²) in [4.78, 5) is 29.4.